The van der Waals surface area contributed by atoms with Crippen molar-refractivity contribution >= 4 is 34.4 Å². The molecular weight excluding hydrogens is 272 g/mol. The van der Waals surface area contributed by atoms with Crippen LogP contribution in [0.5, 0.6) is 0 Å². The smallest absolute Gasteiger partial charge is 0.327 e. The predicted octanol–water partition coefficient (Wildman–Crippen LogP) is 0.799. The summed E-state index contributed by atoms with van der Waals surface area (Å²) in [7, 11) is -2.54. The van der Waals surface area contributed by atoms with Crippen LogP contribution in [0.25, 0.3) is 0 Å². The molecule has 92 valence electrons. The third-order valence-electron chi connectivity index (χ3n) is 2.13. The highest BCUT2D eigenvalue weighted by atomic mass is 32.7. The van der Waals surface area contributed by atoms with Gasteiger partial charge in [-0.1, -0.05) is 0 Å². The second-order valence-corrected chi connectivity index (χ2v) is 5.66. The Bertz CT molecular complexity index is 282. The molecule has 1 rings (SSSR count). The van der Waals surface area contributed by atoms with Crippen molar-refractivity contribution in [1.82, 2.24) is 10.4 Å². The second-order valence-electron chi connectivity index (χ2n) is 3.14. The van der Waals surface area contributed by atoms with Gasteiger partial charge in [-0.3, -0.25) is 19.6 Å². The molecule has 0 spiro atoms. The van der Waals surface area contributed by atoms with Gasteiger partial charge in [0.2, 0.25) is 0 Å². The summed E-state index contributed by atoms with van der Waals surface area (Å²) in [5.74, 6) is 0. The molecule has 0 aromatic carbocycles. The summed E-state index contributed by atoms with van der Waals surface area (Å²) in [6.45, 7) is 0.127. The molecule has 1 aliphatic heterocycles. The summed E-state index contributed by atoms with van der Waals surface area (Å²) >= 11 is 3.80. The fraction of sp³-hybridized carbons (Fsp3) is 0.833. The third kappa shape index (κ3) is 4.49. The molecule has 0 saturated carbocycles. The van der Waals surface area contributed by atoms with Crippen LogP contribution in [-0.4, -0.2) is 31.3 Å². The fourth-order valence-electron chi connectivity index (χ4n) is 1.51. The van der Waals surface area contributed by atoms with Crippen molar-refractivity contribution in [3.63, 3.8) is 0 Å². The Morgan fingerprint density at radius 1 is 1.75 bits per heavy atom. The minimum absolute atomic E-state index is 0.127. The Morgan fingerprint density at radius 2 is 2.50 bits per heavy atom. The third-order valence-corrected chi connectivity index (χ3v) is 3.38. The van der Waals surface area contributed by atoms with Gasteiger partial charge in [0, 0.05) is 12.5 Å². The summed E-state index contributed by atoms with van der Waals surface area (Å²) in [6, 6.07) is -0.192. The van der Waals surface area contributed by atoms with Gasteiger partial charge in [-0.05, 0) is 0 Å². The van der Waals surface area contributed by atoms with Gasteiger partial charge in [0.1, 0.15) is 12.3 Å². The van der Waals surface area contributed by atoms with Gasteiger partial charge in [-0.25, -0.2) is 4.57 Å². The maximum absolute atomic E-state index is 11.0. The van der Waals surface area contributed by atoms with E-state index in [4.69, 9.17) is 14.7 Å². The molecule has 1 aliphatic rings. The van der Waals surface area contributed by atoms with E-state index < -0.39 is 15.8 Å². The van der Waals surface area contributed by atoms with E-state index in [0.29, 0.717) is 6.42 Å². The van der Waals surface area contributed by atoms with Crippen molar-refractivity contribution in [1.29, 1.82) is 5.41 Å². The van der Waals surface area contributed by atoms with Gasteiger partial charge in [0.15, 0.2) is 7.15 Å². The Morgan fingerprint density at radius 3 is 3.06 bits per heavy atom. The number of thiol groups is 1. The topological polar surface area (TPSA) is 101 Å². The van der Waals surface area contributed by atoms with Gasteiger partial charge < -0.3 is 10.1 Å². The van der Waals surface area contributed by atoms with Crippen molar-refractivity contribution in [3.05, 3.63) is 0 Å². The van der Waals surface area contributed by atoms with E-state index in [2.05, 4.69) is 22.7 Å². The number of hydrogen-bond acceptors (Lipinski definition) is 5. The first-order chi connectivity index (χ1) is 7.67. The van der Waals surface area contributed by atoms with Crippen LogP contribution in [0.1, 0.15) is 6.42 Å². The number of rotatable bonds is 7. The van der Waals surface area contributed by atoms with Crippen molar-refractivity contribution in [2.75, 3.05) is 6.61 Å². The van der Waals surface area contributed by atoms with E-state index in [1.807, 2.05) is 0 Å². The zero-order chi connectivity index (χ0) is 12.0. The Labute approximate surface area is 100 Å². The number of ether oxygens (including phenoxy) is 1. The molecule has 4 atom stereocenters. The van der Waals surface area contributed by atoms with Crippen LogP contribution >= 0.6 is 28.1 Å². The first-order valence-electron chi connectivity index (χ1n) is 4.52. The summed E-state index contributed by atoms with van der Waals surface area (Å²) in [4.78, 5) is 0. The maximum atomic E-state index is 11.0. The van der Waals surface area contributed by atoms with Crippen molar-refractivity contribution in [3.8, 4) is 0 Å². The van der Waals surface area contributed by atoms with Gasteiger partial charge in [0.25, 0.3) is 0 Å². The molecule has 0 bridgehead atoms. The molecule has 1 unspecified atom stereocenters. The molecular formula is C6H13N3O4P2S. The summed E-state index contributed by atoms with van der Waals surface area (Å²) < 4.78 is 31.3. The summed E-state index contributed by atoms with van der Waals surface area (Å²) in [5, 5.41) is 12.3. The minimum atomic E-state index is -2.12. The molecule has 1 fully saturated rings. The molecule has 16 heavy (non-hydrogen) atoms. The first-order valence-corrected chi connectivity index (χ1v) is 7.94. The second kappa shape index (κ2) is 7.37. The van der Waals surface area contributed by atoms with Crippen LogP contribution in [0.2, 0.25) is 0 Å². The normalized spacial score (nSPS) is 31.4. The molecule has 0 radical (unpaired) electrons. The van der Waals surface area contributed by atoms with Crippen molar-refractivity contribution in [2.24, 2.45) is 0 Å². The number of nitrogens with one attached hydrogen (secondary N) is 3. The minimum Gasteiger partial charge on any atom is -0.351 e. The highest BCUT2D eigenvalue weighted by Crippen LogP contribution is 2.28. The zero-order valence-corrected chi connectivity index (χ0v) is 11.0. The predicted molar refractivity (Wildman–Crippen MR) is 63.7 cm³/mol. The lowest BCUT2D eigenvalue weighted by molar-refractivity contribution is 0.0101. The highest BCUT2D eigenvalue weighted by molar-refractivity contribution is 8.40. The molecule has 10 heteroatoms. The van der Waals surface area contributed by atoms with Crippen molar-refractivity contribution < 1.29 is 18.4 Å². The lowest BCUT2D eigenvalue weighted by Crippen LogP contribution is -2.34. The van der Waals surface area contributed by atoms with Crippen LogP contribution in [0.15, 0.2) is 0 Å². The van der Waals surface area contributed by atoms with Crippen LogP contribution in [-0.2, 0) is 18.4 Å². The number of hydrogen-bond donors (Lipinski definition) is 4. The maximum Gasteiger partial charge on any atom is 0.327 e. The average Bonchev–Trinajstić information content (AvgIpc) is 2.57. The summed E-state index contributed by atoms with van der Waals surface area (Å²) in [5.41, 5.74) is 0. The van der Waals surface area contributed by atoms with Crippen LogP contribution < -0.4 is 10.4 Å². The van der Waals surface area contributed by atoms with E-state index in [1.54, 1.807) is 0 Å². The molecule has 0 amide bonds. The van der Waals surface area contributed by atoms with Crippen LogP contribution in [0, 0.1) is 5.41 Å². The molecule has 0 aliphatic carbocycles. The van der Waals surface area contributed by atoms with E-state index in [1.165, 1.54) is 0 Å². The summed E-state index contributed by atoms with van der Waals surface area (Å²) in [6.07, 6.45) is 0.873. The SMILES string of the molecule is N=CN[C@H]1C[C@H](N[PH](=O)S)[C@@H](COP=O)O1. The van der Waals surface area contributed by atoms with Crippen LogP contribution in [0.4, 0.5) is 0 Å². The van der Waals surface area contributed by atoms with Gasteiger partial charge in [-0.15, -0.1) is 12.2 Å². The highest BCUT2D eigenvalue weighted by Gasteiger charge is 2.35. The van der Waals surface area contributed by atoms with E-state index in [-0.39, 0.29) is 25.0 Å². The molecule has 1 heterocycles. The van der Waals surface area contributed by atoms with E-state index in [0.717, 1.165) is 6.34 Å². The fourth-order valence-corrected chi connectivity index (χ4v) is 2.84. The largest absolute Gasteiger partial charge is 0.351 e. The lowest BCUT2D eigenvalue weighted by atomic mass is 10.1. The quantitative estimate of drug-likeness (QED) is 0.239. The Hall–Kier alpha value is 0.0300. The van der Waals surface area contributed by atoms with Gasteiger partial charge in [0.05, 0.1) is 12.9 Å². The Kier molecular flexibility index (Phi) is 6.49. The zero-order valence-electron chi connectivity index (χ0n) is 8.25. The van der Waals surface area contributed by atoms with Crippen molar-refractivity contribution in [2.45, 2.75) is 24.8 Å². The monoisotopic (exact) mass is 285 g/mol. The Balaban J connectivity index is 2.51. The van der Waals surface area contributed by atoms with E-state index in [9.17, 15) is 9.13 Å². The first kappa shape index (κ1) is 14.1. The van der Waals surface area contributed by atoms with E-state index >= 15 is 0 Å². The molecule has 0 aromatic rings. The average molecular weight is 285 g/mol. The van der Waals surface area contributed by atoms with Gasteiger partial charge >= 0.3 is 8.69 Å². The molecule has 3 N–H and O–H groups in total. The lowest BCUT2D eigenvalue weighted by Gasteiger charge is -2.16. The molecule has 1 saturated heterocycles. The van der Waals surface area contributed by atoms with Crippen LogP contribution in [0.3, 0.4) is 0 Å². The molecule has 0 aromatic heterocycles. The standard InChI is InChI=1S/C6H13N3O4P2S/c7-3-8-6-1-4(9-15(11)16)5(13-6)2-12-14-10/h3-6,15H,1-2H2,(H2,7,8)(H2,9,11,16)/t4-,5+,6+/m0/s1. The molecule has 7 nitrogen and oxygen atoms in total. The van der Waals surface area contributed by atoms with Gasteiger partial charge in [-0.2, -0.15) is 0 Å².